The highest BCUT2D eigenvalue weighted by Gasteiger charge is 2.21. The van der Waals surface area contributed by atoms with Crippen molar-refractivity contribution in [3.05, 3.63) is 63.1 Å². The van der Waals surface area contributed by atoms with Crippen molar-refractivity contribution in [3.8, 4) is 0 Å². The van der Waals surface area contributed by atoms with E-state index < -0.39 is 7.82 Å². The van der Waals surface area contributed by atoms with E-state index in [1.54, 1.807) is 13.8 Å². The maximum atomic E-state index is 13.1. The van der Waals surface area contributed by atoms with E-state index in [9.17, 15) is 14.2 Å². The molecule has 0 aliphatic heterocycles. The van der Waals surface area contributed by atoms with Crippen molar-refractivity contribution in [2.24, 2.45) is 0 Å². The molecule has 0 fully saturated rings. The zero-order valence-electron chi connectivity index (χ0n) is 18.8. The average Bonchev–Trinajstić information content (AvgIpc) is 2.71. The Kier molecular flexibility index (Phi) is 9.33. The molecule has 12 heteroatoms. The first-order valence-corrected chi connectivity index (χ1v) is 12.3. The third kappa shape index (κ3) is 7.76. The third-order valence-corrected chi connectivity index (χ3v) is 6.46. The number of aromatic nitrogens is 2. The van der Waals surface area contributed by atoms with E-state index in [-0.39, 0.29) is 30.5 Å². The van der Waals surface area contributed by atoms with Gasteiger partial charge in [-0.1, -0.05) is 18.2 Å². The Morgan fingerprint density at radius 3 is 2.45 bits per heavy atom. The Morgan fingerprint density at radius 2 is 1.91 bits per heavy atom. The Balaban J connectivity index is 2.38. The number of carbonyl (C=O) groups excluding carboxylic acids is 2. The number of hydrogen-bond donors (Lipinski definition) is 3. The van der Waals surface area contributed by atoms with Crippen LogP contribution in [0.3, 0.4) is 0 Å². The molecule has 178 valence electrons. The number of carbonyl (C=O) groups is 2. The van der Waals surface area contributed by atoms with Gasteiger partial charge in [-0.05, 0) is 50.6 Å². The minimum Gasteiger partial charge on any atom is -0.383 e. The first kappa shape index (κ1) is 26.7. The summed E-state index contributed by atoms with van der Waals surface area (Å²) >= 11 is 0.890. The van der Waals surface area contributed by atoms with E-state index in [0.717, 1.165) is 22.9 Å². The number of aryl methyl sites for hydroxylation is 3. The summed E-state index contributed by atoms with van der Waals surface area (Å²) in [4.78, 5) is 53.0. The summed E-state index contributed by atoms with van der Waals surface area (Å²) in [6.07, 6.45) is 2.11. The molecule has 2 aromatic rings. The highest BCUT2D eigenvalue weighted by Crippen LogP contribution is 2.38. The monoisotopic (exact) mass is 494 g/mol. The van der Waals surface area contributed by atoms with Gasteiger partial charge >= 0.3 is 7.82 Å². The average molecular weight is 495 g/mol. The number of phosphoric ester groups is 1. The number of benzene rings is 1. The molecule has 4 N–H and O–H groups in total. The number of anilines is 1. The molecule has 1 aromatic heterocycles. The first-order valence-electron chi connectivity index (χ1n) is 9.91. The van der Waals surface area contributed by atoms with Gasteiger partial charge in [0.05, 0.1) is 13.2 Å². The van der Waals surface area contributed by atoms with Crippen molar-refractivity contribution < 1.29 is 28.5 Å². The van der Waals surface area contributed by atoms with Crippen LogP contribution in [0.4, 0.5) is 5.82 Å². The lowest BCUT2D eigenvalue weighted by Crippen LogP contribution is -2.22. The normalized spacial score (nSPS) is 12.3. The third-order valence-electron chi connectivity index (χ3n) is 4.81. The molecule has 0 radical (unpaired) electrons. The smallest absolute Gasteiger partial charge is 0.383 e. The van der Waals surface area contributed by atoms with Crippen LogP contribution in [0.1, 0.15) is 46.2 Å². The van der Waals surface area contributed by atoms with Gasteiger partial charge < -0.3 is 20.4 Å². The second-order valence-corrected chi connectivity index (χ2v) is 9.61. The lowest BCUT2D eigenvalue weighted by atomic mass is 10.0. The van der Waals surface area contributed by atoms with Crippen molar-refractivity contribution in [2.75, 3.05) is 12.3 Å². The van der Waals surface area contributed by atoms with Crippen molar-refractivity contribution in [1.29, 1.82) is 0 Å². The molecule has 33 heavy (non-hydrogen) atoms. The standard InChI is InChI=1S/C21H27N4O6PS/c1-13-6-5-7-14(2)19(13)21(27)33-18(8-9-31-32(28,29)30)15(3)25(12-26)11-17-10-23-16(4)24-20(17)22/h5-7,10,12H,8-9,11H2,1-4H3,(H2,22,23,24)(H2,28,29,30)/b18-15-. The van der Waals surface area contributed by atoms with E-state index >= 15 is 0 Å². The van der Waals surface area contributed by atoms with Crippen molar-refractivity contribution in [1.82, 2.24) is 14.9 Å². The molecule has 0 aliphatic rings. The fourth-order valence-electron chi connectivity index (χ4n) is 3.08. The molecule has 10 nitrogen and oxygen atoms in total. The van der Waals surface area contributed by atoms with E-state index in [4.69, 9.17) is 15.5 Å². The van der Waals surface area contributed by atoms with Crippen LogP contribution in [-0.2, 0) is 20.4 Å². The van der Waals surface area contributed by atoms with Crippen LogP contribution < -0.4 is 5.73 Å². The molecule has 1 heterocycles. The van der Waals surface area contributed by atoms with Crippen LogP contribution >= 0.6 is 19.6 Å². The summed E-state index contributed by atoms with van der Waals surface area (Å²) in [5, 5.41) is -0.250. The Labute approximate surface area is 196 Å². The Bertz CT molecular complexity index is 1100. The first-order chi connectivity index (χ1) is 15.4. The van der Waals surface area contributed by atoms with Gasteiger partial charge in [0.25, 0.3) is 0 Å². The van der Waals surface area contributed by atoms with E-state index in [0.29, 0.717) is 34.0 Å². The molecule has 1 amide bonds. The van der Waals surface area contributed by atoms with E-state index in [1.807, 2.05) is 32.0 Å². The quantitative estimate of drug-likeness (QED) is 0.331. The number of phosphoric acid groups is 1. The highest BCUT2D eigenvalue weighted by atomic mass is 32.2. The number of nitrogens with two attached hydrogens (primary N) is 1. The SMILES string of the molecule is C/C(=C(\CCOP(=O)(O)O)SC(=O)c1c(C)cccc1C)N(C=O)Cc1cnc(C)nc1N. The van der Waals surface area contributed by atoms with Gasteiger partial charge in [0, 0.05) is 34.3 Å². The number of allylic oxidation sites excluding steroid dienone is 1. The van der Waals surface area contributed by atoms with Crippen LogP contribution in [0.2, 0.25) is 0 Å². The van der Waals surface area contributed by atoms with Gasteiger partial charge in [0.1, 0.15) is 11.6 Å². The molecule has 1 aromatic carbocycles. The molecule has 2 rings (SSSR count). The maximum Gasteiger partial charge on any atom is 0.469 e. The van der Waals surface area contributed by atoms with Crippen molar-refractivity contribution >= 4 is 36.9 Å². The highest BCUT2D eigenvalue weighted by molar-refractivity contribution is 8.17. The fourth-order valence-corrected chi connectivity index (χ4v) is 4.50. The molecular formula is C21H27N4O6PS. The minimum absolute atomic E-state index is 0.00248. The summed E-state index contributed by atoms with van der Waals surface area (Å²) in [5.41, 5.74) is 9.02. The topological polar surface area (TPSA) is 156 Å². The second-order valence-electron chi connectivity index (χ2n) is 7.30. The second kappa shape index (κ2) is 11.5. The lowest BCUT2D eigenvalue weighted by molar-refractivity contribution is -0.116. The molecule has 0 spiro atoms. The Hall–Kier alpha value is -2.56. The van der Waals surface area contributed by atoms with Gasteiger partial charge in [0.2, 0.25) is 11.5 Å². The summed E-state index contributed by atoms with van der Waals surface area (Å²) in [7, 11) is -4.69. The number of amides is 1. The zero-order valence-corrected chi connectivity index (χ0v) is 20.5. The predicted octanol–water partition coefficient (Wildman–Crippen LogP) is 3.25. The number of rotatable bonds is 10. The van der Waals surface area contributed by atoms with Gasteiger partial charge in [0.15, 0.2) is 0 Å². The number of nitrogens with zero attached hydrogens (tertiary/aromatic N) is 3. The minimum atomic E-state index is -4.69. The summed E-state index contributed by atoms with van der Waals surface area (Å²) < 4.78 is 15.7. The maximum absolute atomic E-state index is 13.1. The van der Waals surface area contributed by atoms with Crippen LogP contribution in [-0.4, -0.2) is 42.8 Å². The summed E-state index contributed by atoms with van der Waals surface area (Å²) in [6, 6.07) is 5.50. The predicted molar refractivity (Wildman–Crippen MR) is 126 cm³/mol. The number of hydrogen-bond acceptors (Lipinski definition) is 8. The summed E-state index contributed by atoms with van der Waals surface area (Å²) in [5.74, 6) is 0.721. The van der Waals surface area contributed by atoms with Crippen LogP contribution in [0.5, 0.6) is 0 Å². The van der Waals surface area contributed by atoms with E-state index in [2.05, 4.69) is 14.5 Å². The fraction of sp³-hybridized carbons (Fsp3) is 0.333. The van der Waals surface area contributed by atoms with Crippen LogP contribution in [0, 0.1) is 20.8 Å². The van der Waals surface area contributed by atoms with Gasteiger partial charge in [-0.25, -0.2) is 14.5 Å². The molecule has 0 aliphatic carbocycles. The van der Waals surface area contributed by atoms with Gasteiger partial charge in [-0.2, -0.15) is 0 Å². The van der Waals surface area contributed by atoms with Gasteiger partial charge in [-0.3, -0.25) is 14.1 Å². The number of thioether (sulfide) groups is 1. The van der Waals surface area contributed by atoms with Crippen molar-refractivity contribution in [2.45, 2.75) is 40.7 Å². The van der Waals surface area contributed by atoms with Crippen LogP contribution in [0.25, 0.3) is 0 Å². The zero-order chi connectivity index (χ0) is 24.8. The Morgan fingerprint density at radius 1 is 1.27 bits per heavy atom. The molecule has 0 bridgehead atoms. The molecule has 0 saturated carbocycles. The van der Waals surface area contributed by atoms with Crippen molar-refractivity contribution in [3.63, 3.8) is 0 Å². The summed E-state index contributed by atoms with van der Waals surface area (Å²) in [6.45, 7) is 6.70. The molecule has 0 saturated heterocycles. The lowest BCUT2D eigenvalue weighted by Gasteiger charge is -2.22. The largest absolute Gasteiger partial charge is 0.469 e. The van der Waals surface area contributed by atoms with E-state index in [1.165, 1.54) is 11.1 Å². The van der Waals surface area contributed by atoms with Crippen LogP contribution in [0.15, 0.2) is 35.0 Å². The molecule has 0 unspecified atom stereocenters. The molecular weight excluding hydrogens is 467 g/mol. The van der Waals surface area contributed by atoms with Gasteiger partial charge in [-0.15, -0.1) is 0 Å². The number of nitrogen functional groups attached to an aromatic ring is 1. The molecule has 0 atom stereocenters.